The quantitative estimate of drug-likeness (QED) is 0.609. The Balaban J connectivity index is 1.20. The third kappa shape index (κ3) is 4.23. The predicted octanol–water partition coefficient (Wildman–Crippen LogP) is 2.36. The van der Waals surface area contributed by atoms with Crippen molar-refractivity contribution in [3.8, 4) is 11.5 Å². The van der Waals surface area contributed by atoms with E-state index in [0.717, 1.165) is 25.1 Å². The van der Waals surface area contributed by atoms with Crippen LogP contribution >= 0.6 is 0 Å². The Kier molecular flexibility index (Phi) is 5.62. The fraction of sp³-hybridized carbons (Fsp3) is 0.391. The van der Waals surface area contributed by atoms with Crippen molar-refractivity contribution in [3.63, 3.8) is 0 Å². The van der Waals surface area contributed by atoms with E-state index in [9.17, 15) is 9.59 Å². The van der Waals surface area contributed by atoms with Crippen molar-refractivity contribution in [2.45, 2.75) is 25.7 Å². The smallest absolute Gasteiger partial charge is 0.228 e. The second kappa shape index (κ2) is 8.86. The molecule has 9 heteroatoms. The molecule has 2 amide bonds. The van der Waals surface area contributed by atoms with Gasteiger partial charge in [-0.25, -0.2) is 4.98 Å². The summed E-state index contributed by atoms with van der Waals surface area (Å²) in [6, 6.07) is 9.53. The van der Waals surface area contributed by atoms with Crippen LogP contribution in [0.1, 0.15) is 25.2 Å². The molecule has 2 saturated heterocycles. The zero-order valence-electron chi connectivity index (χ0n) is 17.6. The lowest BCUT2D eigenvalue weighted by molar-refractivity contribution is -0.137. The standard InChI is InChI=1S/C23H24N6O3/c30-21-12-17(15-29(21)18-6-2-1-3-7-18)23(31)28-10-4-5-16(14-28)11-20-26-22(27-32-20)19-13-24-8-9-25-19/h1-3,6-9,13,16-17H,4-5,10-12,14-15H2. The molecule has 5 rings (SSSR count). The maximum absolute atomic E-state index is 13.2. The van der Waals surface area contributed by atoms with Gasteiger partial charge in [-0.2, -0.15) is 4.98 Å². The van der Waals surface area contributed by atoms with Crippen molar-refractivity contribution in [1.29, 1.82) is 0 Å². The van der Waals surface area contributed by atoms with Crippen LogP contribution in [0, 0.1) is 11.8 Å². The number of aromatic nitrogens is 4. The van der Waals surface area contributed by atoms with Crippen molar-refractivity contribution in [1.82, 2.24) is 25.0 Å². The van der Waals surface area contributed by atoms with Crippen LogP contribution in [-0.2, 0) is 16.0 Å². The lowest BCUT2D eigenvalue weighted by Gasteiger charge is -2.33. The third-order valence-corrected chi connectivity index (χ3v) is 6.10. The van der Waals surface area contributed by atoms with Crippen LogP contribution in [0.25, 0.3) is 11.5 Å². The molecule has 0 bridgehead atoms. The number of para-hydroxylation sites is 1. The summed E-state index contributed by atoms with van der Waals surface area (Å²) in [4.78, 5) is 42.0. The molecule has 2 unspecified atom stereocenters. The highest BCUT2D eigenvalue weighted by molar-refractivity contribution is 6.00. The summed E-state index contributed by atoms with van der Waals surface area (Å²) in [5.74, 6) is 0.967. The van der Waals surface area contributed by atoms with Gasteiger partial charge >= 0.3 is 0 Å². The number of rotatable bonds is 5. The number of likely N-dealkylation sites (tertiary alicyclic amines) is 1. The first-order valence-electron chi connectivity index (χ1n) is 10.9. The van der Waals surface area contributed by atoms with Gasteiger partial charge in [0.1, 0.15) is 5.69 Å². The summed E-state index contributed by atoms with van der Waals surface area (Å²) in [6.45, 7) is 1.80. The SMILES string of the molecule is O=C(C1CC(=O)N(c2ccccc2)C1)N1CCCC(Cc2nc(-c3cnccn3)no2)C1. The molecule has 2 aliphatic heterocycles. The van der Waals surface area contributed by atoms with Gasteiger partial charge in [-0.15, -0.1) is 0 Å². The third-order valence-electron chi connectivity index (χ3n) is 6.10. The molecule has 2 aliphatic rings. The van der Waals surface area contributed by atoms with Gasteiger partial charge in [0.25, 0.3) is 0 Å². The average Bonchev–Trinajstić information content (AvgIpc) is 3.47. The topological polar surface area (TPSA) is 105 Å². The van der Waals surface area contributed by atoms with Crippen LogP contribution < -0.4 is 4.90 Å². The van der Waals surface area contributed by atoms with Crippen LogP contribution in [0.5, 0.6) is 0 Å². The Morgan fingerprint density at radius 2 is 2.03 bits per heavy atom. The van der Waals surface area contributed by atoms with Gasteiger partial charge in [0.05, 0.1) is 12.1 Å². The van der Waals surface area contributed by atoms with Gasteiger partial charge in [-0.1, -0.05) is 23.4 Å². The number of amides is 2. The summed E-state index contributed by atoms with van der Waals surface area (Å²) in [5.41, 5.74) is 1.41. The van der Waals surface area contributed by atoms with E-state index in [-0.39, 0.29) is 30.1 Å². The first-order chi connectivity index (χ1) is 15.7. The molecule has 1 aromatic carbocycles. The van der Waals surface area contributed by atoms with Crippen molar-refractivity contribution in [2.75, 3.05) is 24.5 Å². The van der Waals surface area contributed by atoms with Crippen molar-refractivity contribution in [2.24, 2.45) is 11.8 Å². The first-order valence-corrected chi connectivity index (χ1v) is 10.9. The zero-order chi connectivity index (χ0) is 21.9. The molecule has 0 N–H and O–H groups in total. The summed E-state index contributed by atoms with van der Waals surface area (Å²) in [5, 5.41) is 4.00. The molecular weight excluding hydrogens is 408 g/mol. The van der Waals surface area contributed by atoms with E-state index in [2.05, 4.69) is 20.1 Å². The predicted molar refractivity (Wildman–Crippen MR) is 115 cm³/mol. The molecule has 4 heterocycles. The summed E-state index contributed by atoms with van der Waals surface area (Å²) in [6.07, 6.45) is 7.56. The Hall–Kier alpha value is -3.62. The molecule has 0 radical (unpaired) electrons. The molecule has 164 valence electrons. The molecule has 2 fully saturated rings. The van der Waals surface area contributed by atoms with Crippen molar-refractivity contribution < 1.29 is 14.1 Å². The fourth-order valence-corrected chi connectivity index (χ4v) is 4.52. The van der Waals surface area contributed by atoms with E-state index < -0.39 is 0 Å². The molecule has 3 aromatic rings. The van der Waals surface area contributed by atoms with E-state index in [1.165, 1.54) is 0 Å². The van der Waals surface area contributed by atoms with Gasteiger partial charge in [-0.05, 0) is 30.9 Å². The zero-order valence-corrected chi connectivity index (χ0v) is 17.6. The molecule has 0 spiro atoms. The lowest BCUT2D eigenvalue weighted by atomic mass is 9.93. The normalized spacial score (nSPS) is 21.2. The Bertz CT molecular complexity index is 1090. The van der Waals surface area contributed by atoms with Crippen LogP contribution in [0.3, 0.4) is 0 Å². The van der Waals surface area contributed by atoms with E-state index in [4.69, 9.17) is 4.52 Å². The Morgan fingerprint density at radius 3 is 2.84 bits per heavy atom. The minimum atomic E-state index is -0.298. The van der Waals surface area contributed by atoms with Gasteiger partial charge in [0.2, 0.25) is 23.5 Å². The second-order valence-electron chi connectivity index (χ2n) is 8.34. The number of benzene rings is 1. The van der Waals surface area contributed by atoms with E-state index in [1.807, 2.05) is 35.2 Å². The van der Waals surface area contributed by atoms with Gasteiger partial charge in [-0.3, -0.25) is 14.6 Å². The lowest BCUT2D eigenvalue weighted by Crippen LogP contribution is -2.44. The highest BCUT2D eigenvalue weighted by atomic mass is 16.5. The number of anilines is 1. The van der Waals surface area contributed by atoms with Crippen LogP contribution in [-0.4, -0.2) is 56.5 Å². The maximum atomic E-state index is 13.2. The number of carbonyl (C=O) groups excluding carboxylic acids is 2. The molecule has 0 aliphatic carbocycles. The van der Waals surface area contributed by atoms with Crippen LogP contribution in [0.4, 0.5) is 5.69 Å². The van der Waals surface area contributed by atoms with E-state index >= 15 is 0 Å². The molecule has 2 atom stereocenters. The van der Waals surface area contributed by atoms with Gasteiger partial charge in [0.15, 0.2) is 0 Å². The van der Waals surface area contributed by atoms with Crippen molar-refractivity contribution in [3.05, 3.63) is 54.8 Å². The number of carbonyl (C=O) groups is 2. The monoisotopic (exact) mass is 432 g/mol. The Morgan fingerprint density at radius 1 is 1.16 bits per heavy atom. The van der Waals surface area contributed by atoms with Crippen LogP contribution in [0.15, 0.2) is 53.4 Å². The fourth-order valence-electron chi connectivity index (χ4n) is 4.52. The van der Waals surface area contributed by atoms with Crippen LogP contribution in [0.2, 0.25) is 0 Å². The summed E-state index contributed by atoms with van der Waals surface area (Å²) >= 11 is 0. The second-order valence-corrected chi connectivity index (χ2v) is 8.34. The van der Waals surface area contributed by atoms with Gasteiger partial charge < -0.3 is 14.3 Å². The highest BCUT2D eigenvalue weighted by Gasteiger charge is 2.38. The summed E-state index contributed by atoms with van der Waals surface area (Å²) < 4.78 is 5.41. The number of piperidine rings is 1. The molecule has 2 aromatic heterocycles. The largest absolute Gasteiger partial charge is 0.342 e. The number of hydrogen-bond donors (Lipinski definition) is 0. The highest BCUT2D eigenvalue weighted by Crippen LogP contribution is 2.28. The molecular formula is C23H24N6O3. The van der Waals surface area contributed by atoms with Crippen molar-refractivity contribution >= 4 is 17.5 Å². The Labute approximate surface area is 185 Å². The average molecular weight is 432 g/mol. The van der Waals surface area contributed by atoms with E-state index in [1.54, 1.807) is 23.5 Å². The first kappa shape index (κ1) is 20.3. The molecule has 32 heavy (non-hydrogen) atoms. The molecule has 0 saturated carbocycles. The minimum Gasteiger partial charge on any atom is -0.342 e. The van der Waals surface area contributed by atoms with Gasteiger partial charge in [0, 0.05) is 50.6 Å². The molecule has 9 nitrogen and oxygen atoms in total. The number of hydrogen-bond acceptors (Lipinski definition) is 7. The van der Waals surface area contributed by atoms with E-state index in [0.29, 0.717) is 36.9 Å². The number of nitrogens with zero attached hydrogens (tertiary/aromatic N) is 6. The maximum Gasteiger partial charge on any atom is 0.228 e. The minimum absolute atomic E-state index is 0.00510. The summed E-state index contributed by atoms with van der Waals surface area (Å²) in [7, 11) is 0.